The van der Waals surface area contributed by atoms with Crippen molar-refractivity contribution in [3.63, 3.8) is 0 Å². The highest BCUT2D eigenvalue weighted by atomic mass is 16.5. The smallest absolute Gasteiger partial charge is 0.384 e. The van der Waals surface area contributed by atoms with E-state index in [1.807, 2.05) is 49.1 Å². The van der Waals surface area contributed by atoms with Crippen LogP contribution in [0.1, 0.15) is 24.2 Å². The van der Waals surface area contributed by atoms with Crippen molar-refractivity contribution in [2.45, 2.75) is 13.8 Å². The van der Waals surface area contributed by atoms with Gasteiger partial charge >= 0.3 is 5.69 Å². The van der Waals surface area contributed by atoms with Crippen molar-refractivity contribution < 1.29 is 10.0 Å². The van der Waals surface area contributed by atoms with E-state index >= 15 is 0 Å². The Morgan fingerprint density at radius 3 is 2.56 bits per heavy atom. The molecule has 0 atom stereocenters. The van der Waals surface area contributed by atoms with Crippen LogP contribution in [-0.4, -0.2) is 73.8 Å². The summed E-state index contributed by atoms with van der Waals surface area (Å²) in [6, 6.07) is 12.8. The van der Waals surface area contributed by atoms with Crippen LogP contribution in [0.3, 0.4) is 0 Å². The molecule has 1 aliphatic heterocycles. The Balaban J connectivity index is 0.00000148. The summed E-state index contributed by atoms with van der Waals surface area (Å²) in [4.78, 5) is 41.4. The number of nitrogens with one attached hydrogen (secondary N) is 1. The van der Waals surface area contributed by atoms with E-state index in [1.54, 1.807) is 24.5 Å². The molecule has 0 spiro atoms. The molecular weight excluding hydrogens is 458 g/mol. The maximum atomic E-state index is 13.0. The number of carbonyl (C=O) groups excluding carboxylic acids is 1. The Labute approximate surface area is 208 Å². The Morgan fingerprint density at radius 2 is 1.78 bits per heavy atom. The zero-order valence-corrected chi connectivity index (χ0v) is 20.5. The summed E-state index contributed by atoms with van der Waals surface area (Å²) in [7, 11) is 2.05. The molecule has 1 saturated heterocycles. The third-order valence-electron chi connectivity index (χ3n) is 5.87. The highest BCUT2D eigenvalue weighted by molar-refractivity contribution is 5.95. The molecule has 1 fully saturated rings. The van der Waals surface area contributed by atoms with Gasteiger partial charge in [0.15, 0.2) is 5.65 Å². The highest BCUT2D eigenvalue weighted by Crippen LogP contribution is 2.26. The molecule has 5 rings (SSSR count). The summed E-state index contributed by atoms with van der Waals surface area (Å²) in [6.45, 7) is 7.10. The summed E-state index contributed by atoms with van der Waals surface area (Å²) in [5.41, 5.74) is 2.16. The minimum atomic E-state index is -0.829. The number of benzene rings is 1. The number of rotatable bonds is 4. The van der Waals surface area contributed by atoms with E-state index in [4.69, 9.17) is 0 Å². The molecule has 10 heteroatoms. The first-order valence-electron chi connectivity index (χ1n) is 11.9. The largest absolute Gasteiger partial charge is 0.422 e. The molecule has 10 nitrogen and oxygen atoms in total. The fourth-order valence-electron chi connectivity index (χ4n) is 3.96. The molecule has 1 aliphatic rings. The van der Waals surface area contributed by atoms with E-state index in [0.29, 0.717) is 34.5 Å². The maximum Gasteiger partial charge on any atom is 0.384 e. The number of fused-ring (bicyclic) bond motifs is 1. The van der Waals surface area contributed by atoms with Gasteiger partial charge < -0.3 is 20.3 Å². The molecule has 3 aromatic heterocycles. The predicted octanol–water partition coefficient (Wildman–Crippen LogP) is 3.25. The molecule has 186 valence electrons. The molecule has 0 saturated carbocycles. The van der Waals surface area contributed by atoms with Crippen molar-refractivity contribution in [1.82, 2.24) is 29.5 Å². The number of nitrogens with zero attached hydrogens (tertiary/aromatic N) is 6. The van der Waals surface area contributed by atoms with Crippen LogP contribution in [0.5, 0.6) is 0 Å². The molecule has 2 N–H and O–H groups in total. The van der Waals surface area contributed by atoms with Gasteiger partial charge in [0.25, 0.3) is 5.91 Å². The van der Waals surface area contributed by atoms with Crippen LogP contribution < -0.4 is 11.0 Å². The molecule has 0 unspecified atom stereocenters. The van der Waals surface area contributed by atoms with Crippen LogP contribution in [-0.2, 0) is 0 Å². The van der Waals surface area contributed by atoms with Crippen molar-refractivity contribution in [1.29, 1.82) is 0 Å². The predicted molar refractivity (Wildman–Crippen MR) is 139 cm³/mol. The molecule has 1 amide bonds. The Hall–Kier alpha value is -4.31. The Kier molecular flexibility index (Phi) is 7.55. The molecule has 1 aromatic carbocycles. The van der Waals surface area contributed by atoms with Crippen LogP contribution in [0.4, 0.5) is 11.5 Å². The van der Waals surface area contributed by atoms with Crippen LogP contribution in [0.25, 0.3) is 22.2 Å². The van der Waals surface area contributed by atoms with Gasteiger partial charge in [0.2, 0.25) is 0 Å². The summed E-state index contributed by atoms with van der Waals surface area (Å²) < 4.78 is 0.422. The van der Waals surface area contributed by atoms with Crippen molar-refractivity contribution in [3.8, 4) is 11.1 Å². The van der Waals surface area contributed by atoms with Crippen molar-refractivity contribution in [2.24, 2.45) is 0 Å². The minimum Gasteiger partial charge on any atom is -0.422 e. The van der Waals surface area contributed by atoms with Crippen molar-refractivity contribution in [3.05, 3.63) is 77.1 Å². The van der Waals surface area contributed by atoms with Crippen LogP contribution in [0.2, 0.25) is 0 Å². The molecule has 0 bridgehead atoms. The number of likely N-dealkylation sites (N-methyl/N-ethyl adjacent to an activating group) is 1. The SMILES string of the molecule is CC.CN1CCN(C(=O)c2cncc(-c3cccc(Nc4nc(=O)n(O)c5ncccc45)c3)c2)CC1. The van der Waals surface area contributed by atoms with Crippen molar-refractivity contribution in [2.75, 3.05) is 38.5 Å². The molecule has 0 aliphatic carbocycles. The standard InChI is InChI=1S/C24H23N7O3.C2H6/c1-29-8-10-30(11-9-29)23(32)18-12-17(14-25-15-18)16-4-2-5-19(13-16)27-21-20-6-3-7-26-22(20)31(34)24(33)28-21;1-2/h2-7,12-15,34H,8-11H2,1H3,(H,27,28,33);1-2H3. The van der Waals surface area contributed by atoms with Gasteiger partial charge in [0.05, 0.1) is 10.9 Å². The van der Waals surface area contributed by atoms with E-state index in [2.05, 4.69) is 32.2 Å². The maximum absolute atomic E-state index is 13.0. The van der Waals surface area contributed by atoms with Gasteiger partial charge in [-0.2, -0.15) is 4.98 Å². The number of carbonyl (C=O) groups is 1. The van der Waals surface area contributed by atoms with Gasteiger partial charge in [-0.05, 0) is 42.9 Å². The average Bonchev–Trinajstić information content (AvgIpc) is 2.93. The third kappa shape index (κ3) is 5.18. The summed E-state index contributed by atoms with van der Waals surface area (Å²) >= 11 is 0. The number of anilines is 2. The van der Waals surface area contributed by atoms with Gasteiger partial charge in [-0.15, -0.1) is 4.73 Å². The lowest BCUT2D eigenvalue weighted by Gasteiger charge is -2.32. The molecule has 4 heterocycles. The number of hydrogen-bond acceptors (Lipinski definition) is 8. The first kappa shape index (κ1) is 24.8. The van der Waals surface area contributed by atoms with Gasteiger partial charge in [-0.3, -0.25) is 9.78 Å². The molecular formula is C26H29N7O3. The van der Waals surface area contributed by atoms with Gasteiger partial charge in [0.1, 0.15) is 5.82 Å². The zero-order chi connectivity index (χ0) is 25.7. The van der Waals surface area contributed by atoms with Gasteiger partial charge in [-0.25, -0.2) is 9.78 Å². The second-order valence-corrected chi connectivity index (χ2v) is 8.19. The van der Waals surface area contributed by atoms with Gasteiger partial charge in [-0.1, -0.05) is 26.0 Å². The number of hydrogen-bond donors (Lipinski definition) is 2. The van der Waals surface area contributed by atoms with E-state index in [0.717, 1.165) is 24.2 Å². The normalized spacial score (nSPS) is 13.7. The first-order chi connectivity index (χ1) is 17.5. The molecule has 0 radical (unpaired) electrons. The lowest BCUT2D eigenvalue weighted by Crippen LogP contribution is -2.47. The lowest BCUT2D eigenvalue weighted by atomic mass is 10.0. The highest BCUT2D eigenvalue weighted by Gasteiger charge is 2.21. The monoisotopic (exact) mass is 487 g/mol. The Bertz CT molecular complexity index is 1430. The molecule has 36 heavy (non-hydrogen) atoms. The quantitative estimate of drug-likeness (QED) is 0.422. The van der Waals surface area contributed by atoms with E-state index < -0.39 is 5.69 Å². The number of amides is 1. The third-order valence-corrected chi connectivity index (χ3v) is 5.87. The lowest BCUT2D eigenvalue weighted by molar-refractivity contribution is 0.0663. The fourth-order valence-corrected chi connectivity index (χ4v) is 3.96. The first-order valence-corrected chi connectivity index (χ1v) is 11.9. The van der Waals surface area contributed by atoms with E-state index in [1.165, 1.54) is 6.20 Å². The van der Waals surface area contributed by atoms with E-state index in [9.17, 15) is 14.8 Å². The average molecular weight is 488 g/mol. The van der Waals surface area contributed by atoms with Crippen LogP contribution >= 0.6 is 0 Å². The van der Waals surface area contributed by atoms with Crippen LogP contribution in [0, 0.1) is 0 Å². The second-order valence-electron chi connectivity index (χ2n) is 8.19. The Morgan fingerprint density at radius 1 is 1.00 bits per heavy atom. The van der Waals surface area contributed by atoms with E-state index in [-0.39, 0.29) is 17.4 Å². The number of aromatic nitrogens is 4. The van der Waals surface area contributed by atoms with Gasteiger partial charge in [0, 0.05) is 56.0 Å². The molecule has 4 aromatic rings. The van der Waals surface area contributed by atoms with Crippen molar-refractivity contribution >= 4 is 28.4 Å². The zero-order valence-electron chi connectivity index (χ0n) is 20.5. The summed E-state index contributed by atoms with van der Waals surface area (Å²) in [5.74, 6) is 0.261. The summed E-state index contributed by atoms with van der Waals surface area (Å²) in [6.07, 6.45) is 4.80. The number of pyridine rings is 2. The van der Waals surface area contributed by atoms with Crippen LogP contribution in [0.15, 0.2) is 65.8 Å². The number of piperazine rings is 1. The second kappa shape index (κ2) is 11.0. The minimum absolute atomic E-state index is 0.0236. The topological polar surface area (TPSA) is 116 Å². The summed E-state index contributed by atoms with van der Waals surface area (Å²) in [5, 5.41) is 13.6. The fraction of sp³-hybridized carbons (Fsp3) is 0.269.